The summed E-state index contributed by atoms with van der Waals surface area (Å²) in [5.41, 5.74) is 0. The van der Waals surface area contributed by atoms with Gasteiger partial charge in [0.1, 0.15) is 5.76 Å². The molecular formula is C13H21NO2S. The van der Waals surface area contributed by atoms with Gasteiger partial charge in [0.05, 0.1) is 18.1 Å². The smallest absolute Gasteiger partial charge is 0.232 e. The molecular weight excluding hydrogens is 234 g/mol. The summed E-state index contributed by atoms with van der Waals surface area (Å²) < 4.78 is 5.43. The zero-order valence-corrected chi connectivity index (χ0v) is 12.0. The van der Waals surface area contributed by atoms with E-state index >= 15 is 0 Å². The number of thioether (sulfide) groups is 1. The van der Waals surface area contributed by atoms with Gasteiger partial charge in [-0.2, -0.15) is 0 Å². The summed E-state index contributed by atoms with van der Waals surface area (Å²) in [6.07, 6.45) is 1.63. The molecule has 0 fully saturated rings. The Labute approximate surface area is 108 Å². The molecule has 96 valence electrons. The molecule has 1 unspecified atom stereocenters. The van der Waals surface area contributed by atoms with Crippen LogP contribution in [0.1, 0.15) is 39.5 Å². The van der Waals surface area contributed by atoms with E-state index in [9.17, 15) is 4.79 Å². The third-order valence-electron chi connectivity index (χ3n) is 2.56. The van der Waals surface area contributed by atoms with Crippen LogP contribution >= 0.6 is 11.8 Å². The van der Waals surface area contributed by atoms with Gasteiger partial charge in [0.15, 0.2) is 0 Å². The van der Waals surface area contributed by atoms with Crippen LogP contribution in [0.3, 0.4) is 0 Å². The Balaban J connectivity index is 2.52. The number of carbonyl (C=O) groups excluding carboxylic acids is 1. The van der Waals surface area contributed by atoms with Crippen LogP contribution in [0.25, 0.3) is 0 Å². The highest BCUT2D eigenvalue weighted by molar-refractivity contribution is 8.01. The van der Waals surface area contributed by atoms with E-state index in [2.05, 4.69) is 20.8 Å². The van der Waals surface area contributed by atoms with E-state index < -0.39 is 0 Å². The fraction of sp³-hybridized carbons (Fsp3) is 0.615. The second kappa shape index (κ2) is 5.63. The molecule has 0 bridgehead atoms. The first-order chi connectivity index (χ1) is 7.81. The van der Waals surface area contributed by atoms with Gasteiger partial charge in [0.25, 0.3) is 0 Å². The zero-order chi connectivity index (χ0) is 13.1. The van der Waals surface area contributed by atoms with Crippen molar-refractivity contribution < 1.29 is 9.21 Å². The Bertz CT molecular complexity index is 354. The maximum atomic E-state index is 12.0. The molecule has 0 aromatic carbocycles. The summed E-state index contributed by atoms with van der Waals surface area (Å²) in [5, 5.41) is 0. The third kappa shape index (κ3) is 4.46. The van der Waals surface area contributed by atoms with Gasteiger partial charge in [-0.1, -0.05) is 20.8 Å². The van der Waals surface area contributed by atoms with Crippen LogP contribution in [0.15, 0.2) is 22.8 Å². The quantitative estimate of drug-likeness (QED) is 0.827. The van der Waals surface area contributed by atoms with Gasteiger partial charge >= 0.3 is 0 Å². The van der Waals surface area contributed by atoms with Crippen LogP contribution in [0.2, 0.25) is 0 Å². The summed E-state index contributed by atoms with van der Waals surface area (Å²) in [6.45, 7) is 8.31. The molecule has 0 aliphatic carbocycles. The van der Waals surface area contributed by atoms with Gasteiger partial charge in [-0.3, -0.25) is 4.79 Å². The Hall–Kier alpha value is -0.900. The van der Waals surface area contributed by atoms with Crippen molar-refractivity contribution in [3.8, 4) is 0 Å². The molecule has 1 aromatic rings. The molecule has 1 aromatic heterocycles. The van der Waals surface area contributed by atoms with Crippen LogP contribution in [-0.4, -0.2) is 28.4 Å². The Morgan fingerprint density at radius 1 is 1.53 bits per heavy atom. The van der Waals surface area contributed by atoms with E-state index in [-0.39, 0.29) is 16.7 Å². The van der Waals surface area contributed by atoms with E-state index in [0.29, 0.717) is 5.75 Å². The highest BCUT2D eigenvalue weighted by atomic mass is 32.2. The molecule has 1 heterocycles. The molecule has 1 rings (SSSR count). The summed E-state index contributed by atoms with van der Waals surface area (Å²) in [7, 11) is 1.82. The summed E-state index contributed by atoms with van der Waals surface area (Å²) in [4.78, 5) is 13.7. The molecule has 0 aliphatic rings. The lowest BCUT2D eigenvalue weighted by Gasteiger charge is -2.25. The molecule has 3 nitrogen and oxygen atoms in total. The van der Waals surface area contributed by atoms with E-state index in [1.807, 2.05) is 26.1 Å². The van der Waals surface area contributed by atoms with E-state index in [1.165, 1.54) is 0 Å². The number of hydrogen-bond acceptors (Lipinski definition) is 3. The van der Waals surface area contributed by atoms with Crippen LogP contribution in [0, 0.1) is 0 Å². The van der Waals surface area contributed by atoms with Crippen molar-refractivity contribution in [1.29, 1.82) is 0 Å². The lowest BCUT2D eigenvalue weighted by molar-refractivity contribution is -0.129. The summed E-state index contributed by atoms with van der Waals surface area (Å²) in [5.74, 6) is 1.46. The van der Waals surface area contributed by atoms with Gasteiger partial charge < -0.3 is 9.32 Å². The lowest BCUT2D eigenvalue weighted by atomic mass is 10.2. The maximum absolute atomic E-state index is 12.0. The van der Waals surface area contributed by atoms with Crippen LogP contribution in [-0.2, 0) is 4.79 Å². The van der Waals surface area contributed by atoms with Crippen molar-refractivity contribution >= 4 is 17.7 Å². The molecule has 0 saturated heterocycles. The third-order valence-corrected chi connectivity index (χ3v) is 3.82. The minimum atomic E-state index is -0.0157. The molecule has 0 spiro atoms. The Morgan fingerprint density at radius 2 is 2.18 bits per heavy atom. The zero-order valence-electron chi connectivity index (χ0n) is 11.2. The van der Waals surface area contributed by atoms with E-state index in [1.54, 1.807) is 22.9 Å². The summed E-state index contributed by atoms with van der Waals surface area (Å²) in [6, 6.07) is 3.72. The monoisotopic (exact) mass is 255 g/mol. The van der Waals surface area contributed by atoms with E-state index in [4.69, 9.17) is 4.42 Å². The van der Waals surface area contributed by atoms with Gasteiger partial charge in [0.2, 0.25) is 5.91 Å². The number of amides is 1. The molecule has 1 amide bonds. The molecule has 4 heteroatoms. The largest absolute Gasteiger partial charge is 0.467 e. The minimum absolute atomic E-state index is 0.0157. The first kappa shape index (κ1) is 14.2. The second-order valence-electron chi connectivity index (χ2n) is 5.10. The molecule has 0 aliphatic heterocycles. The molecule has 0 saturated carbocycles. The van der Waals surface area contributed by atoms with Crippen molar-refractivity contribution in [2.75, 3.05) is 12.8 Å². The maximum Gasteiger partial charge on any atom is 0.232 e. The Kier molecular flexibility index (Phi) is 4.69. The highest BCUT2D eigenvalue weighted by Crippen LogP contribution is 2.25. The number of rotatable bonds is 4. The average Bonchev–Trinajstić information content (AvgIpc) is 2.76. The number of hydrogen-bond donors (Lipinski definition) is 0. The molecule has 0 radical (unpaired) electrons. The second-order valence-corrected chi connectivity index (χ2v) is 6.90. The first-order valence-corrected chi connectivity index (χ1v) is 6.73. The fourth-order valence-corrected chi connectivity index (χ4v) is 2.08. The first-order valence-electron chi connectivity index (χ1n) is 5.74. The predicted molar refractivity (Wildman–Crippen MR) is 72.1 cm³/mol. The number of furan rings is 1. The van der Waals surface area contributed by atoms with E-state index in [0.717, 1.165) is 5.76 Å². The average molecular weight is 255 g/mol. The highest BCUT2D eigenvalue weighted by Gasteiger charge is 2.21. The summed E-state index contributed by atoms with van der Waals surface area (Å²) >= 11 is 1.66. The predicted octanol–water partition coefficient (Wildman–Crippen LogP) is 3.33. The van der Waals surface area contributed by atoms with Crippen molar-refractivity contribution in [1.82, 2.24) is 4.90 Å². The SMILES string of the molecule is CC(c1ccco1)N(C)C(=O)CSC(C)(C)C. The fourth-order valence-electron chi connectivity index (χ4n) is 1.32. The Morgan fingerprint density at radius 3 is 2.65 bits per heavy atom. The molecule has 1 atom stereocenters. The van der Waals surface area contributed by atoms with Crippen LogP contribution in [0.5, 0.6) is 0 Å². The van der Waals surface area contributed by atoms with Gasteiger partial charge in [-0.15, -0.1) is 11.8 Å². The van der Waals surface area contributed by atoms with Crippen molar-refractivity contribution in [3.63, 3.8) is 0 Å². The van der Waals surface area contributed by atoms with Crippen LogP contribution in [0.4, 0.5) is 0 Å². The number of carbonyl (C=O) groups is 1. The molecule has 0 N–H and O–H groups in total. The van der Waals surface area contributed by atoms with Gasteiger partial charge in [0, 0.05) is 11.8 Å². The van der Waals surface area contributed by atoms with Gasteiger partial charge in [-0.05, 0) is 19.1 Å². The molecule has 17 heavy (non-hydrogen) atoms. The standard InChI is InChI=1S/C13H21NO2S/c1-10(11-7-6-8-16-11)14(5)12(15)9-17-13(2,3)4/h6-8,10H,9H2,1-5H3. The van der Waals surface area contributed by atoms with Crippen molar-refractivity contribution in [2.24, 2.45) is 0 Å². The normalized spacial score (nSPS) is 13.5. The van der Waals surface area contributed by atoms with Gasteiger partial charge in [-0.25, -0.2) is 0 Å². The van der Waals surface area contributed by atoms with Crippen molar-refractivity contribution in [2.45, 2.75) is 38.5 Å². The van der Waals surface area contributed by atoms with Crippen molar-refractivity contribution in [3.05, 3.63) is 24.2 Å². The lowest BCUT2D eigenvalue weighted by Crippen LogP contribution is -2.32. The van der Waals surface area contributed by atoms with Crippen LogP contribution < -0.4 is 0 Å². The minimum Gasteiger partial charge on any atom is -0.467 e. The topological polar surface area (TPSA) is 33.5 Å². The number of nitrogens with zero attached hydrogens (tertiary/aromatic N) is 1.